The Morgan fingerprint density at radius 3 is 2.69 bits per heavy atom. The van der Waals surface area contributed by atoms with Crippen LogP contribution in [0.15, 0.2) is 0 Å². The van der Waals surface area contributed by atoms with Crippen LogP contribution in [0.25, 0.3) is 0 Å². The van der Waals surface area contributed by atoms with E-state index in [1.807, 2.05) is 13.8 Å². The van der Waals surface area contributed by atoms with Gasteiger partial charge in [-0.15, -0.1) is 10.2 Å². The van der Waals surface area contributed by atoms with E-state index in [1.54, 1.807) is 0 Å². The number of nitrogens with zero attached hydrogens (tertiary/aromatic N) is 3. The van der Waals surface area contributed by atoms with Crippen molar-refractivity contribution < 1.29 is 4.74 Å². The first-order valence-electron chi connectivity index (χ1n) is 4.17. The van der Waals surface area contributed by atoms with Gasteiger partial charge in [0.05, 0.1) is 13.2 Å². The molecule has 2 heterocycles. The molecule has 2 rings (SSSR count). The van der Waals surface area contributed by atoms with Crippen LogP contribution in [0.4, 0.5) is 0 Å². The van der Waals surface area contributed by atoms with Gasteiger partial charge in [0.2, 0.25) is 0 Å². The standard InChI is InChI=1S/C7H13N5O/c1-6(2)3-13-4-7(6,8)5-9-11-12-10-5/h3-4,8H2,1-2H3,(H,9,10,11,12). The van der Waals surface area contributed by atoms with Crippen molar-refractivity contribution in [2.24, 2.45) is 11.1 Å². The van der Waals surface area contributed by atoms with Crippen molar-refractivity contribution >= 4 is 0 Å². The molecule has 1 atom stereocenters. The highest BCUT2D eigenvalue weighted by molar-refractivity contribution is 5.12. The van der Waals surface area contributed by atoms with Gasteiger partial charge in [0, 0.05) is 5.41 Å². The fourth-order valence-electron chi connectivity index (χ4n) is 1.51. The maximum atomic E-state index is 6.19. The van der Waals surface area contributed by atoms with E-state index in [1.165, 1.54) is 0 Å². The average Bonchev–Trinajstić information content (AvgIpc) is 2.61. The van der Waals surface area contributed by atoms with Gasteiger partial charge < -0.3 is 10.5 Å². The Bertz CT molecular complexity index is 296. The summed E-state index contributed by atoms with van der Waals surface area (Å²) in [6, 6.07) is 0. The third-order valence-corrected chi connectivity index (χ3v) is 2.74. The fourth-order valence-corrected chi connectivity index (χ4v) is 1.51. The van der Waals surface area contributed by atoms with Crippen LogP contribution in [0.3, 0.4) is 0 Å². The molecule has 1 fully saturated rings. The van der Waals surface area contributed by atoms with E-state index in [0.717, 1.165) is 0 Å². The molecule has 1 saturated heterocycles. The number of aromatic amines is 1. The third-order valence-electron chi connectivity index (χ3n) is 2.74. The van der Waals surface area contributed by atoms with Crippen LogP contribution in [0.1, 0.15) is 19.7 Å². The lowest BCUT2D eigenvalue weighted by atomic mass is 9.75. The van der Waals surface area contributed by atoms with Gasteiger partial charge in [-0.05, 0) is 0 Å². The number of hydrogen-bond acceptors (Lipinski definition) is 5. The number of aromatic nitrogens is 4. The van der Waals surface area contributed by atoms with E-state index in [0.29, 0.717) is 19.0 Å². The van der Waals surface area contributed by atoms with Gasteiger partial charge >= 0.3 is 0 Å². The monoisotopic (exact) mass is 183 g/mol. The van der Waals surface area contributed by atoms with Crippen molar-refractivity contribution in [1.29, 1.82) is 0 Å². The van der Waals surface area contributed by atoms with Crippen LogP contribution in [0.5, 0.6) is 0 Å². The molecular formula is C7H13N5O. The highest BCUT2D eigenvalue weighted by Crippen LogP contribution is 2.40. The Kier molecular flexibility index (Phi) is 1.64. The predicted molar refractivity (Wildman–Crippen MR) is 44.6 cm³/mol. The Morgan fingerprint density at radius 1 is 1.46 bits per heavy atom. The second-order valence-corrected chi connectivity index (χ2v) is 4.08. The lowest BCUT2D eigenvalue weighted by Crippen LogP contribution is -2.50. The molecule has 1 aromatic heterocycles. The molecule has 1 aliphatic rings. The zero-order valence-electron chi connectivity index (χ0n) is 7.74. The topological polar surface area (TPSA) is 89.7 Å². The van der Waals surface area contributed by atoms with E-state index in [9.17, 15) is 0 Å². The Labute approximate surface area is 75.8 Å². The molecular weight excluding hydrogens is 170 g/mol. The summed E-state index contributed by atoms with van der Waals surface area (Å²) >= 11 is 0. The molecule has 0 aromatic carbocycles. The summed E-state index contributed by atoms with van der Waals surface area (Å²) in [6.45, 7) is 5.14. The quantitative estimate of drug-likeness (QED) is 0.607. The van der Waals surface area contributed by atoms with E-state index in [-0.39, 0.29) is 5.41 Å². The summed E-state index contributed by atoms with van der Waals surface area (Å²) in [7, 11) is 0. The summed E-state index contributed by atoms with van der Waals surface area (Å²) < 4.78 is 5.35. The molecule has 1 aliphatic heterocycles. The van der Waals surface area contributed by atoms with E-state index in [2.05, 4.69) is 20.6 Å². The van der Waals surface area contributed by atoms with Crippen LogP contribution in [-0.4, -0.2) is 33.8 Å². The highest BCUT2D eigenvalue weighted by Gasteiger charge is 2.51. The third kappa shape index (κ3) is 1.06. The van der Waals surface area contributed by atoms with Crippen LogP contribution in [0, 0.1) is 5.41 Å². The minimum absolute atomic E-state index is 0.156. The SMILES string of the molecule is CC1(C)COCC1(N)c1nn[nH]n1. The average molecular weight is 183 g/mol. The van der Waals surface area contributed by atoms with Crippen molar-refractivity contribution in [1.82, 2.24) is 20.6 Å². The number of rotatable bonds is 1. The fraction of sp³-hybridized carbons (Fsp3) is 0.857. The van der Waals surface area contributed by atoms with Gasteiger partial charge in [-0.25, -0.2) is 0 Å². The van der Waals surface area contributed by atoms with Crippen molar-refractivity contribution in [3.05, 3.63) is 5.82 Å². The van der Waals surface area contributed by atoms with E-state index >= 15 is 0 Å². The van der Waals surface area contributed by atoms with Crippen LogP contribution < -0.4 is 5.73 Å². The van der Waals surface area contributed by atoms with Gasteiger partial charge in [0.1, 0.15) is 5.54 Å². The Balaban J connectivity index is 2.40. The van der Waals surface area contributed by atoms with E-state index < -0.39 is 5.54 Å². The Morgan fingerprint density at radius 2 is 2.23 bits per heavy atom. The molecule has 1 aromatic rings. The van der Waals surface area contributed by atoms with Crippen molar-refractivity contribution in [3.8, 4) is 0 Å². The molecule has 0 amide bonds. The van der Waals surface area contributed by atoms with Crippen LogP contribution >= 0.6 is 0 Å². The summed E-state index contributed by atoms with van der Waals surface area (Å²) in [5, 5.41) is 13.7. The molecule has 0 radical (unpaired) electrons. The summed E-state index contributed by atoms with van der Waals surface area (Å²) in [4.78, 5) is 0. The zero-order chi connectivity index (χ0) is 9.53. The summed E-state index contributed by atoms with van der Waals surface area (Å²) in [6.07, 6.45) is 0. The molecule has 72 valence electrons. The molecule has 1 unspecified atom stereocenters. The first-order chi connectivity index (χ1) is 6.06. The largest absolute Gasteiger partial charge is 0.378 e. The first-order valence-corrected chi connectivity index (χ1v) is 4.17. The highest BCUT2D eigenvalue weighted by atomic mass is 16.5. The maximum absolute atomic E-state index is 6.19. The number of tetrazole rings is 1. The smallest absolute Gasteiger partial charge is 0.197 e. The number of nitrogens with two attached hydrogens (primary N) is 1. The van der Waals surface area contributed by atoms with Gasteiger partial charge in [-0.1, -0.05) is 19.1 Å². The molecule has 0 bridgehead atoms. The second kappa shape index (κ2) is 2.49. The molecule has 6 heteroatoms. The zero-order valence-corrected chi connectivity index (χ0v) is 7.74. The van der Waals surface area contributed by atoms with Crippen molar-refractivity contribution in [2.75, 3.05) is 13.2 Å². The second-order valence-electron chi connectivity index (χ2n) is 4.08. The Hall–Kier alpha value is -1.01. The minimum Gasteiger partial charge on any atom is -0.378 e. The molecule has 3 N–H and O–H groups in total. The minimum atomic E-state index is -0.625. The maximum Gasteiger partial charge on any atom is 0.197 e. The predicted octanol–water partition coefficient (Wildman–Crippen LogP) is -0.590. The number of nitrogens with one attached hydrogen (secondary N) is 1. The molecule has 0 aliphatic carbocycles. The molecule has 6 nitrogen and oxygen atoms in total. The number of hydrogen-bond donors (Lipinski definition) is 2. The summed E-state index contributed by atoms with van der Waals surface area (Å²) in [5.41, 5.74) is 5.41. The van der Waals surface area contributed by atoms with Gasteiger partial charge in [-0.2, -0.15) is 5.21 Å². The lowest BCUT2D eigenvalue weighted by Gasteiger charge is -2.32. The lowest BCUT2D eigenvalue weighted by molar-refractivity contribution is 0.166. The normalized spacial score (nSPS) is 32.2. The number of H-pyrrole nitrogens is 1. The molecule has 0 saturated carbocycles. The van der Waals surface area contributed by atoms with Gasteiger partial charge in [0.25, 0.3) is 0 Å². The first kappa shape index (κ1) is 8.58. The summed E-state index contributed by atoms with van der Waals surface area (Å²) in [5.74, 6) is 0.523. The van der Waals surface area contributed by atoms with Crippen LogP contribution in [0.2, 0.25) is 0 Å². The van der Waals surface area contributed by atoms with Crippen LogP contribution in [-0.2, 0) is 10.3 Å². The molecule has 13 heavy (non-hydrogen) atoms. The van der Waals surface area contributed by atoms with E-state index in [4.69, 9.17) is 10.5 Å². The number of ether oxygens (including phenoxy) is 1. The van der Waals surface area contributed by atoms with Crippen molar-refractivity contribution in [3.63, 3.8) is 0 Å². The van der Waals surface area contributed by atoms with Gasteiger partial charge in [-0.3, -0.25) is 0 Å². The molecule has 0 spiro atoms. The van der Waals surface area contributed by atoms with Crippen molar-refractivity contribution in [2.45, 2.75) is 19.4 Å². The van der Waals surface area contributed by atoms with Gasteiger partial charge in [0.15, 0.2) is 5.82 Å².